The molecule has 0 amide bonds. The molecule has 0 N–H and O–H groups in total. The summed E-state index contributed by atoms with van der Waals surface area (Å²) in [4.78, 5) is 0. The van der Waals surface area contributed by atoms with Gasteiger partial charge in [-0.25, -0.2) is 0 Å². The van der Waals surface area contributed by atoms with E-state index < -0.39 is 0 Å². The van der Waals surface area contributed by atoms with Crippen molar-refractivity contribution in [3.8, 4) is 0 Å². The second-order valence-corrected chi connectivity index (χ2v) is 3.87. The zero-order valence-electron chi connectivity index (χ0n) is 6.28. The summed E-state index contributed by atoms with van der Waals surface area (Å²) in [6, 6.07) is 0. The number of hydrogen-bond acceptors (Lipinski definition) is 0. The highest BCUT2D eigenvalue weighted by Gasteiger charge is 2.01. The molecule has 0 aromatic carbocycles. The van der Waals surface area contributed by atoms with Crippen molar-refractivity contribution in [1.82, 2.24) is 0 Å². The van der Waals surface area contributed by atoms with Crippen LogP contribution in [-0.2, 0) is 0 Å². The normalized spacial score (nSPS) is 17.9. The van der Waals surface area contributed by atoms with Crippen LogP contribution in [0.3, 0.4) is 0 Å². The van der Waals surface area contributed by atoms with E-state index in [9.17, 15) is 0 Å². The van der Waals surface area contributed by atoms with Crippen molar-refractivity contribution in [3.63, 3.8) is 0 Å². The molecule has 0 bridgehead atoms. The maximum Gasteiger partial charge on any atom is 0.0340 e. The highest BCUT2D eigenvalue weighted by atomic mass is 28.1. The Morgan fingerprint density at radius 3 is 2.89 bits per heavy atom. The van der Waals surface area contributed by atoms with E-state index in [-0.39, 0.29) is 0 Å². The molecule has 0 aromatic rings. The van der Waals surface area contributed by atoms with Gasteiger partial charge in [-0.05, 0) is 12.8 Å². The van der Waals surface area contributed by atoms with Crippen LogP contribution >= 0.6 is 0 Å². The summed E-state index contributed by atoms with van der Waals surface area (Å²) in [7, 11) is 1.27. The minimum Gasteiger partial charge on any atom is -0.0850 e. The summed E-state index contributed by atoms with van der Waals surface area (Å²) in [5.74, 6) is 0. The molecular weight excluding hydrogens is 124 g/mol. The molecule has 0 unspecified atom stereocenters. The molecule has 0 saturated carbocycles. The van der Waals surface area contributed by atoms with Gasteiger partial charge in [0.25, 0.3) is 0 Å². The van der Waals surface area contributed by atoms with E-state index in [2.05, 4.69) is 19.1 Å². The van der Waals surface area contributed by atoms with Crippen LogP contribution in [0.5, 0.6) is 0 Å². The van der Waals surface area contributed by atoms with E-state index >= 15 is 0 Å². The number of rotatable bonds is 2. The molecule has 0 saturated heterocycles. The Kier molecular flexibility index (Phi) is 2.28. The first-order chi connectivity index (χ1) is 4.34. The first kappa shape index (κ1) is 6.81. The Labute approximate surface area is 60.1 Å². The standard InChI is InChI=1S/C8H14Si/c1-2-4-7-5-3-6-8(7)9/h3,5H,2,4,6H2,1,9H3. The van der Waals surface area contributed by atoms with Crippen LogP contribution in [0, 0.1) is 0 Å². The minimum absolute atomic E-state index is 1.25. The molecule has 50 valence electrons. The van der Waals surface area contributed by atoms with Crippen molar-refractivity contribution in [2.45, 2.75) is 26.2 Å². The first-order valence-electron chi connectivity index (χ1n) is 3.69. The van der Waals surface area contributed by atoms with Gasteiger partial charge >= 0.3 is 0 Å². The SMILES string of the molecule is CCCC1=C([SiH3])CC=C1. The molecule has 0 aliphatic heterocycles. The molecule has 0 fully saturated rings. The lowest BCUT2D eigenvalue weighted by molar-refractivity contribution is 0.925. The monoisotopic (exact) mass is 138 g/mol. The molecule has 0 spiro atoms. The summed E-state index contributed by atoms with van der Waals surface area (Å²) in [6.07, 6.45) is 8.43. The van der Waals surface area contributed by atoms with Gasteiger partial charge in [0.15, 0.2) is 0 Å². The number of hydrogen-bond donors (Lipinski definition) is 0. The minimum atomic E-state index is 1.25. The maximum atomic E-state index is 2.30. The molecule has 0 atom stereocenters. The summed E-state index contributed by atoms with van der Waals surface area (Å²) in [5.41, 5.74) is 1.63. The molecule has 1 rings (SSSR count). The first-order valence-corrected chi connectivity index (χ1v) is 4.69. The van der Waals surface area contributed by atoms with Crippen LogP contribution in [-0.4, -0.2) is 10.2 Å². The van der Waals surface area contributed by atoms with Gasteiger partial charge in [0.05, 0.1) is 0 Å². The zero-order chi connectivity index (χ0) is 6.69. The third kappa shape index (κ3) is 1.55. The van der Waals surface area contributed by atoms with Crippen LogP contribution < -0.4 is 0 Å². The fourth-order valence-corrected chi connectivity index (χ4v) is 1.87. The smallest absolute Gasteiger partial charge is 0.0340 e. The van der Waals surface area contributed by atoms with Crippen LogP contribution in [0.4, 0.5) is 0 Å². The topological polar surface area (TPSA) is 0 Å². The van der Waals surface area contributed by atoms with Crippen molar-refractivity contribution in [2.75, 3.05) is 0 Å². The Morgan fingerprint density at radius 2 is 2.44 bits per heavy atom. The van der Waals surface area contributed by atoms with E-state index in [0.29, 0.717) is 0 Å². The Balaban J connectivity index is 2.54. The third-order valence-electron chi connectivity index (χ3n) is 1.81. The van der Waals surface area contributed by atoms with Crippen molar-refractivity contribution in [2.24, 2.45) is 0 Å². The van der Waals surface area contributed by atoms with Gasteiger partial charge in [0, 0.05) is 10.2 Å². The average Bonchev–Trinajstić information content (AvgIpc) is 2.18. The predicted molar refractivity (Wildman–Crippen MR) is 45.6 cm³/mol. The van der Waals surface area contributed by atoms with Crippen molar-refractivity contribution in [3.05, 3.63) is 22.9 Å². The van der Waals surface area contributed by atoms with Crippen LogP contribution in [0.15, 0.2) is 22.9 Å². The summed E-state index contributed by atoms with van der Waals surface area (Å²) in [6.45, 7) is 2.24. The molecule has 9 heavy (non-hydrogen) atoms. The molecule has 1 heteroatoms. The van der Waals surface area contributed by atoms with Gasteiger partial charge in [-0.1, -0.05) is 36.3 Å². The average molecular weight is 138 g/mol. The van der Waals surface area contributed by atoms with Crippen molar-refractivity contribution in [1.29, 1.82) is 0 Å². The quantitative estimate of drug-likeness (QED) is 0.506. The summed E-state index contributed by atoms with van der Waals surface area (Å²) >= 11 is 0. The molecule has 1 aliphatic carbocycles. The maximum absolute atomic E-state index is 2.30. The second kappa shape index (κ2) is 3.02. The van der Waals surface area contributed by atoms with Gasteiger partial charge in [-0.3, -0.25) is 0 Å². The van der Waals surface area contributed by atoms with E-state index in [4.69, 9.17) is 0 Å². The largest absolute Gasteiger partial charge is 0.0850 e. The van der Waals surface area contributed by atoms with Gasteiger partial charge in [0.1, 0.15) is 0 Å². The lowest BCUT2D eigenvalue weighted by Gasteiger charge is -1.97. The lowest BCUT2D eigenvalue weighted by atomic mass is 10.2. The van der Waals surface area contributed by atoms with Gasteiger partial charge in [0.2, 0.25) is 0 Å². The van der Waals surface area contributed by atoms with E-state index in [1.807, 2.05) is 0 Å². The number of allylic oxidation sites excluding steroid dienone is 4. The van der Waals surface area contributed by atoms with Crippen LogP contribution in [0.25, 0.3) is 0 Å². The van der Waals surface area contributed by atoms with Gasteiger partial charge < -0.3 is 0 Å². The van der Waals surface area contributed by atoms with E-state index in [1.54, 1.807) is 10.8 Å². The van der Waals surface area contributed by atoms with Crippen molar-refractivity contribution < 1.29 is 0 Å². The fraction of sp³-hybridized carbons (Fsp3) is 0.500. The van der Waals surface area contributed by atoms with Crippen LogP contribution in [0.2, 0.25) is 0 Å². The highest BCUT2D eigenvalue weighted by Crippen LogP contribution is 2.19. The highest BCUT2D eigenvalue weighted by molar-refractivity contribution is 6.22. The zero-order valence-corrected chi connectivity index (χ0v) is 8.28. The Hall–Kier alpha value is -0.303. The van der Waals surface area contributed by atoms with Crippen molar-refractivity contribution >= 4 is 10.2 Å². The molecule has 1 aliphatic rings. The fourth-order valence-electron chi connectivity index (χ4n) is 1.22. The Bertz CT molecular complexity index is 154. The van der Waals surface area contributed by atoms with Gasteiger partial charge in [-0.15, -0.1) is 0 Å². The predicted octanol–water partition coefficient (Wildman–Crippen LogP) is 1.37. The third-order valence-corrected chi connectivity index (χ3v) is 2.86. The lowest BCUT2D eigenvalue weighted by Crippen LogP contribution is -1.81. The molecule has 0 heterocycles. The Morgan fingerprint density at radius 1 is 1.67 bits per heavy atom. The van der Waals surface area contributed by atoms with E-state index in [0.717, 1.165) is 0 Å². The van der Waals surface area contributed by atoms with Crippen LogP contribution in [0.1, 0.15) is 26.2 Å². The molecular formula is C8H14Si. The molecule has 0 nitrogen and oxygen atoms in total. The van der Waals surface area contributed by atoms with Gasteiger partial charge in [-0.2, -0.15) is 0 Å². The summed E-state index contributed by atoms with van der Waals surface area (Å²) < 4.78 is 0. The van der Waals surface area contributed by atoms with E-state index in [1.165, 1.54) is 29.5 Å². The molecule has 0 aromatic heterocycles. The molecule has 0 radical (unpaired) electrons. The summed E-state index contributed by atoms with van der Waals surface area (Å²) in [5, 5.41) is 1.71. The second-order valence-electron chi connectivity index (χ2n) is 2.66.